The van der Waals surface area contributed by atoms with Crippen LogP contribution in [-0.4, -0.2) is 31.4 Å². The molecule has 0 saturated heterocycles. The highest BCUT2D eigenvalue weighted by atomic mass is 35.5. The third-order valence-electron chi connectivity index (χ3n) is 3.19. The van der Waals surface area contributed by atoms with Gasteiger partial charge in [-0.3, -0.25) is 0 Å². The predicted octanol–water partition coefficient (Wildman–Crippen LogP) is 1.56. The molecule has 1 aliphatic carbocycles. The average molecular weight is 258 g/mol. The van der Waals surface area contributed by atoms with Crippen LogP contribution < -0.4 is 10.1 Å². The molecule has 1 aliphatic rings. The van der Waals surface area contributed by atoms with E-state index in [0.717, 1.165) is 25.0 Å². The smallest absolute Gasteiger partial charge is 0.119 e. The number of aliphatic hydroxyl groups excluding tert-OH is 1. The van der Waals surface area contributed by atoms with Crippen LogP contribution in [0.2, 0.25) is 0 Å². The van der Waals surface area contributed by atoms with E-state index in [1.165, 1.54) is 11.1 Å². The largest absolute Gasteiger partial charge is 0.497 e. The van der Waals surface area contributed by atoms with Gasteiger partial charge in [-0.2, -0.15) is 0 Å². The van der Waals surface area contributed by atoms with Crippen molar-refractivity contribution in [2.75, 3.05) is 20.3 Å². The molecule has 17 heavy (non-hydrogen) atoms. The molecule has 0 bridgehead atoms. The molecule has 1 atom stereocenters. The zero-order valence-electron chi connectivity index (χ0n) is 10.1. The maximum atomic E-state index is 8.78. The van der Waals surface area contributed by atoms with Crippen molar-refractivity contribution in [1.29, 1.82) is 0 Å². The third kappa shape index (κ3) is 3.60. The monoisotopic (exact) mass is 257 g/mol. The van der Waals surface area contributed by atoms with Crippen molar-refractivity contribution in [2.24, 2.45) is 0 Å². The van der Waals surface area contributed by atoms with Gasteiger partial charge in [0.05, 0.1) is 13.7 Å². The number of hydrogen-bond donors (Lipinski definition) is 2. The molecule has 0 saturated carbocycles. The first kappa shape index (κ1) is 14.3. The molecule has 0 aromatic heterocycles. The van der Waals surface area contributed by atoms with Crippen molar-refractivity contribution < 1.29 is 9.84 Å². The third-order valence-corrected chi connectivity index (χ3v) is 3.19. The lowest BCUT2D eigenvalue weighted by Crippen LogP contribution is -2.36. The summed E-state index contributed by atoms with van der Waals surface area (Å²) in [5.74, 6) is 0.945. The second-order valence-electron chi connectivity index (χ2n) is 4.25. The Morgan fingerprint density at radius 3 is 2.94 bits per heavy atom. The van der Waals surface area contributed by atoms with Gasteiger partial charge in [-0.25, -0.2) is 0 Å². The molecular weight excluding hydrogens is 238 g/mol. The second-order valence-corrected chi connectivity index (χ2v) is 4.25. The molecule has 0 spiro atoms. The lowest BCUT2D eigenvalue weighted by atomic mass is 9.88. The van der Waals surface area contributed by atoms with Gasteiger partial charge >= 0.3 is 0 Å². The molecule has 4 heteroatoms. The van der Waals surface area contributed by atoms with Crippen LogP contribution in [0.4, 0.5) is 0 Å². The van der Waals surface area contributed by atoms with E-state index in [9.17, 15) is 0 Å². The summed E-state index contributed by atoms with van der Waals surface area (Å²) in [6.45, 7) is 0.905. The van der Waals surface area contributed by atoms with Gasteiger partial charge in [0.1, 0.15) is 5.75 Å². The number of methoxy groups -OCH3 is 1. The molecule has 0 radical (unpaired) electrons. The summed E-state index contributed by atoms with van der Waals surface area (Å²) >= 11 is 0. The SMILES string of the molecule is COc1ccc2c(c1)CCC(NCCO)C2.Cl. The van der Waals surface area contributed by atoms with Gasteiger partial charge in [0.2, 0.25) is 0 Å². The Labute approximate surface area is 109 Å². The first-order valence-electron chi connectivity index (χ1n) is 5.83. The van der Waals surface area contributed by atoms with Crippen LogP contribution >= 0.6 is 12.4 Å². The van der Waals surface area contributed by atoms with Crippen molar-refractivity contribution in [3.05, 3.63) is 29.3 Å². The van der Waals surface area contributed by atoms with Gasteiger partial charge in [0, 0.05) is 12.6 Å². The van der Waals surface area contributed by atoms with Crippen LogP contribution in [0.1, 0.15) is 17.5 Å². The van der Waals surface area contributed by atoms with Crippen LogP contribution in [-0.2, 0) is 12.8 Å². The molecule has 3 nitrogen and oxygen atoms in total. The van der Waals surface area contributed by atoms with Gasteiger partial charge in [0.15, 0.2) is 0 Å². The summed E-state index contributed by atoms with van der Waals surface area (Å²) in [5.41, 5.74) is 2.81. The Kier molecular flexibility index (Phi) is 5.75. The van der Waals surface area contributed by atoms with Crippen molar-refractivity contribution >= 4 is 12.4 Å². The van der Waals surface area contributed by atoms with Gasteiger partial charge in [-0.15, -0.1) is 12.4 Å². The summed E-state index contributed by atoms with van der Waals surface area (Å²) in [4.78, 5) is 0. The quantitative estimate of drug-likeness (QED) is 0.860. The highest BCUT2D eigenvalue weighted by Crippen LogP contribution is 2.25. The Hall–Kier alpha value is -0.770. The first-order chi connectivity index (χ1) is 7.83. The average Bonchev–Trinajstić information content (AvgIpc) is 2.35. The minimum Gasteiger partial charge on any atom is -0.497 e. The van der Waals surface area contributed by atoms with Gasteiger partial charge in [0.25, 0.3) is 0 Å². The predicted molar refractivity (Wildman–Crippen MR) is 71.1 cm³/mol. The zero-order valence-corrected chi connectivity index (χ0v) is 10.9. The summed E-state index contributed by atoms with van der Waals surface area (Å²) in [6.07, 6.45) is 3.29. The van der Waals surface area contributed by atoms with Crippen LogP contribution in [0.15, 0.2) is 18.2 Å². The van der Waals surface area contributed by atoms with Crippen LogP contribution in [0.3, 0.4) is 0 Å². The fourth-order valence-electron chi connectivity index (χ4n) is 2.30. The van der Waals surface area contributed by atoms with Crippen molar-refractivity contribution in [3.8, 4) is 5.75 Å². The molecule has 0 amide bonds. The minimum atomic E-state index is 0. The number of aliphatic hydroxyl groups is 1. The molecule has 2 rings (SSSR count). The Bertz CT molecular complexity index is 357. The van der Waals surface area contributed by atoms with Crippen LogP contribution in [0.5, 0.6) is 5.75 Å². The Balaban J connectivity index is 0.00000144. The van der Waals surface area contributed by atoms with E-state index in [-0.39, 0.29) is 19.0 Å². The van der Waals surface area contributed by atoms with Crippen LogP contribution in [0, 0.1) is 0 Å². The lowest BCUT2D eigenvalue weighted by Gasteiger charge is -2.25. The van der Waals surface area contributed by atoms with E-state index < -0.39 is 0 Å². The molecule has 96 valence electrons. The molecule has 0 heterocycles. The molecule has 1 unspecified atom stereocenters. The molecule has 0 fully saturated rings. The highest BCUT2D eigenvalue weighted by molar-refractivity contribution is 5.85. The van der Waals surface area contributed by atoms with E-state index in [2.05, 4.69) is 17.4 Å². The number of nitrogens with one attached hydrogen (secondary N) is 1. The number of hydrogen-bond acceptors (Lipinski definition) is 3. The van der Waals surface area contributed by atoms with Crippen LogP contribution in [0.25, 0.3) is 0 Å². The topological polar surface area (TPSA) is 41.5 Å². The molecular formula is C13H20ClNO2. The zero-order chi connectivity index (χ0) is 11.4. The Morgan fingerprint density at radius 2 is 2.24 bits per heavy atom. The van der Waals surface area contributed by atoms with E-state index in [4.69, 9.17) is 9.84 Å². The van der Waals surface area contributed by atoms with Crippen molar-refractivity contribution in [2.45, 2.75) is 25.3 Å². The number of ether oxygens (including phenoxy) is 1. The van der Waals surface area contributed by atoms with Gasteiger partial charge < -0.3 is 15.2 Å². The molecule has 0 aliphatic heterocycles. The Morgan fingerprint density at radius 1 is 1.41 bits per heavy atom. The van der Waals surface area contributed by atoms with Crippen molar-refractivity contribution in [3.63, 3.8) is 0 Å². The van der Waals surface area contributed by atoms with Gasteiger partial charge in [-0.05, 0) is 42.5 Å². The normalized spacial score (nSPS) is 18.1. The van der Waals surface area contributed by atoms with E-state index in [1.807, 2.05) is 6.07 Å². The summed E-state index contributed by atoms with van der Waals surface area (Å²) in [5, 5.41) is 12.1. The highest BCUT2D eigenvalue weighted by Gasteiger charge is 2.18. The van der Waals surface area contributed by atoms with Crippen molar-refractivity contribution in [1.82, 2.24) is 5.32 Å². The lowest BCUT2D eigenvalue weighted by molar-refractivity contribution is 0.280. The fourth-order valence-corrected chi connectivity index (χ4v) is 2.30. The second kappa shape index (κ2) is 6.84. The van der Waals surface area contributed by atoms with E-state index in [1.54, 1.807) is 7.11 Å². The summed E-state index contributed by atoms with van der Waals surface area (Å²) in [6, 6.07) is 6.82. The molecule has 1 aromatic carbocycles. The first-order valence-corrected chi connectivity index (χ1v) is 5.83. The number of aryl methyl sites for hydroxylation is 1. The number of fused-ring (bicyclic) bond motifs is 1. The number of halogens is 1. The van der Waals surface area contributed by atoms with E-state index >= 15 is 0 Å². The summed E-state index contributed by atoms with van der Waals surface area (Å²) < 4.78 is 5.22. The molecule has 2 N–H and O–H groups in total. The van der Waals surface area contributed by atoms with Gasteiger partial charge in [-0.1, -0.05) is 6.07 Å². The maximum absolute atomic E-state index is 8.78. The minimum absolute atomic E-state index is 0. The molecule has 1 aromatic rings. The number of rotatable bonds is 4. The summed E-state index contributed by atoms with van der Waals surface area (Å²) in [7, 11) is 1.70. The fraction of sp³-hybridized carbons (Fsp3) is 0.538. The number of benzene rings is 1. The van der Waals surface area contributed by atoms with E-state index in [0.29, 0.717) is 12.6 Å². The maximum Gasteiger partial charge on any atom is 0.119 e. The standard InChI is InChI=1S/C13H19NO2.ClH/c1-16-13-5-3-10-8-12(14-6-7-15)4-2-11(10)9-13;/h3,5,9,12,14-15H,2,4,6-8H2,1H3;1H.